The Morgan fingerprint density at radius 2 is 1.92 bits per heavy atom. The van der Waals surface area contributed by atoms with Gasteiger partial charge in [0.05, 0.1) is 6.61 Å². The van der Waals surface area contributed by atoms with Crippen molar-refractivity contribution in [3.8, 4) is 0 Å². The standard InChI is InChI=1S/C18H26N2O3S/c21-24(22,13-9-16-4-2-1-3-5-16)19-14-17-6-10-20(11-7-17)18-8-12-23-15-18/h1-5,9,13,17-19H,6-8,10-12,14-15H2. The van der Waals surface area contributed by atoms with E-state index >= 15 is 0 Å². The second kappa shape index (κ2) is 8.25. The molecule has 3 rings (SSSR count). The van der Waals surface area contributed by atoms with Crippen LogP contribution in [0.4, 0.5) is 0 Å². The van der Waals surface area contributed by atoms with Crippen LogP contribution >= 0.6 is 0 Å². The molecule has 0 bridgehead atoms. The maximum absolute atomic E-state index is 12.1. The maximum Gasteiger partial charge on any atom is 0.233 e. The molecule has 0 amide bonds. The first kappa shape index (κ1) is 17.6. The lowest BCUT2D eigenvalue weighted by Crippen LogP contribution is -2.43. The zero-order chi connectivity index (χ0) is 16.8. The van der Waals surface area contributed by atoms with E-state index in [1.54, 1.807) is 6.08 Å². The van der Waals surface area contributed by atoms with E-state index in [1.165, 1.54) is 5.41 Å². The van der Waals surface area contributed by atoms with Crippen molar-refractivity contribution in [2.75, 3.05) is 32.8 Å². The molecule has 1 aromatic rings. The van der Waals surface area contributed by atoms with E-state index in [0.29, 0.717) is 18.5 Å². The Balaban J connectivity index is 1.43. The predicted molar refractivity (Wildman–Crippen MR) is 95.9 cm³/mol. The smallest absolute Gasteiger partial charge is 0.233 e. The molecule has 1 N–H and O–H groups in total. The van der Waals surface area contributed by atoms with E-state index in [0.717, 1.165) is 51.1 Å². The highest BCUT2D eigenvalue weighted by Crippen LogP contribution is 2.22. The zero-order valence-electron chi connectivity index (χ0n) is 13.9. The molecule has 2 heterocycles. The van der Waals surface area contributed by atoms with Crippen LogP contribution in [-0.2, 0) is 14.8 Å². The first-order valence-corrected chi connectivity index (χ1v) is 10.2. The normalized spacial score (nSPS) is 23.9. The summed E-state index contributed by atoms with van der Waals surface area (Å²) in [6.07, 6.45) is 4.84. The zero-order valence-corrected chi connectivity index (χ0v) is 14.7. The number of likely N-dealkylation sites (tertiary alicyclic amines) is 1. The first-order valence-electron chi connectivity index (χ1n) is 8.67. The highest BCUT2D eigenvalue weighted by molar-refractivity contribution is 7.92. The Morgan fingerprint density at radius 3 is 2.58 bits per heavy atom. The van der Waals surface area contributed by atoms with Gasteiger partial charge >= 0.3 is 0 Å². The lowest BCUT2D eigenvalue weighted by Gasteiger charge is -2.35. The lowest BCUT2D eigenvalue weighted by molar-refractivity contribution is 0.111. The van der Waals surface area contributed by atoms with E-state index in [-0.39, 0.29) is 0 Å². The van der Waals surface area contributed by atoms with Gasteiger partial charge in [-0.1, -0.05) is 30.3 Å². The van der Waals surface area contributed by atoms with Crippen molar-refractivity contribution >= 4 is 16.1 Å². The Labute approximate surface area is 144 Å². The molecule has 0 radical (unpaired) electrons. The molecule has 0 aromatic heterocycles. The molecule has 1 unspecified atom stereocenters. The second-order valence-electron chi connectivity index (χ2n) is 6.60. The fourth-order valence-electron chi connectivity index (χ4n) is 3.35. The first-order chi connectivity index (χ1) is 11.6. The fourth-order valence-corrected chi connectivity index (χ4v) is 4.25. The van der Waals surface area contributed by atoms with Crippen molar-refractivity contribution in [1.82, 2.24) is 9.62 Å². The maximum atomic E-state index is 12.1. The van der Waals surface area contributed by atoms with Gasteiger partial charge in [-0.15, -0.1) is 0 Å². The molecule has 132 valence electrons. The Bertz CT molecular complexity index is 631. The molecule has 0 aliphatic carbocycles. The number of nitrogens with one attached hydrogen (secondary N) is 1. The van der Waals surface area contributed by atoms with Gasteiger partial charge in [0.25, 0.3) is 0 Å². The Kier molecular flexibility index (Phi) is 6.05. The molecule has 0 spiro atoms. The number of hydrogen-bond donors (Lipinski definition) is 1. The van der Waals surface area contributed by atoms with Gasteiger partial charge in [0.15, 0.2) is 0 Å². The summed E-state index contributed by atoms with van der Waals surface area (Å²) < 4.78 is 32.4. The van der Waals surface area contributed by atoms with E-state index in [2.05, 4.69) is 9.62 Å². The molecule has 5 nitrogen and oxygen atoms in total. The molecule has 24 heavy (non-hydrogen) atoms. The summed E-state index contributed by atoms with van der Waals surface area (Å²) in [5, 5.41) is 1.26. The van der Waals surface area contributed by atoms with E-state index < -0.39 is 10.0 Å². The molecule has 1 aromatic carbocycles. The number of nitrogens with zero attached hydrogens (tertiary/aromatic N) is 1. The van der Waals surface area contributed by atoms with Crippen LogP contribution in [-0.4, -0.2) is 52.2 Å². The molecular weight excluding hydrogens is 324 g/mol. The number of ether oxygens (including phenoxy) is 1. The van der Waals surface area contributed by atoms with Gasteiger partial charge in [-0.2, -0.15) is 0 Å². The molecular formula is C18H26N2O3S. The summed E-state index contributed by atoms with van der Waals surface area (Å²) in [7, 11) is -3.37. The van der Waals surface area contributed by atoms with Crippen LogP contribution in [0.1, 0.15) is 24.8 Å². The molecule has 2 aliphatic rings. The van der Waals surface area contributed by atoms with Crippen molar-refractivity contribution < 1.29 is 13.2 Å². The van der Waals surface area contributed by atoms with E-state index in [9.17, 15) is 8.42 Å². The lowest BCUT2D eigenvalue weighted by atomic mass is 9.96. The fraction of sp³-hybridized carbons (Fsp3) is 0.556. The minimum absolute atomic E-state index is 0.420. The van der Waals surface area contributed by atoms with Crippen LogP contribution in [0.2, 0.25) is 0 Å². The van der Waals surface area contributed by atoms with Crippen molar-refractivity contribution in [3.05, 3.63) is 41.3 Å². The van der Waals surface area contributed by atoms with Crippen LogP contribution in [0.15, 0.2) is 35.7 Å². The van der Waals surface area contributed by atoms with Crippen molar-refractivity contribution in [2.45, 2.75) is 25.3 Å². The molecule has 2 fully saturated rings. The monoisotopic (exact) mass is 350 g/mol. The van der Waals surface area contributed by atoms with Gasteiger partial charge < -0.3 is 4.74 Å². The van der Waals surface area contributed by atoms with Gasteiger partial charge in [-0.05, 0) is 49.9 Å². The molecule has 6 heteroatoms. The largest absolute Gasteiger partial charge is 0.380 e. The van der Waals surface area contributed by atoms with Gasteiger partial charge in [0, 0.05) is 24.6 Å². The Hall–Kier alpha value is -1.21. The molecule has 2 saturated heterocycles. The van der Waals surface area contributed by atoms with Crippen LogP contribution in [0.5, 0.6) is 0 Å². The minimum Gasteiger partial charge on any atom is -0.380 e. The van der Waals surface area contributed by atoms with Gasteiger partial charge in [0.2, 0.25) is 10.0 Å². The summed E-state index contributed by atoms with van der Waals surface area (Å²) in [4.78, 5) is 2.49. The summed E-state index contributed by atoms with van der Waals surface area (Å²) >= 11 is 0. The van der Waals surface area contributed by atoms with Crippen molar-refractivity contribution in [3.63, 3.8) is 0 Å². The highest BCUT2D eigenvalue weighted by atomic mass is 32.2. The summed E-state index contributed by atoms with van der Waals surface area (Å²) in [6, 6.07) is 10.0. The van der Waals surface area contributed by atoms with Crippen LogP contribution in [0, 0.1) is 5.92 Å². The summed E-state index contributed by atoms with van der Waals surface area (Å²) in [5.41, 5.74) is 0.884. The van der Waals surface area contributed by atoms with Gasteiger partial charge in [-0.25, -0.2) is 13.1 Å². The average Bonchev–Trinajstić information content (AvgIpc) is 3.15. The predicted octanol–water partition coefficient (Wildman–Crippen LogP) is 2.08. The number of hydrogen-bond acceptors (Lipinski definition) is 4. The van der Waals surface area contributed by atoms with Gasteiger partial charge in [-0.3, -0.25) is 4.90 Å². The topological polar surface area (TPSA) is 58.6 Å². The SMILES string of the molecule is O=S(=O)(C=Cc1ccccc1)NCC1CCN(C2CCOC2)CC1. The van der Waals surface area contributed by atoms with Crippen LogP contribution in [0.3, 0.4) is 0 Å². The highest BCUT2D eigenvalue weighted by Gasteiger charge is 2.27. The molecule has 0 saturated carbocycles. The third-order valence-electron chi connectivity index (χ3n) is 4.88. The van der Waals surface area contributed by atoms with Crippen LogP contribution < -0.4 is 4.72 Å². The minimum atomic E-state index is -3.37. The third kappa shape index (κ3) is 5.14. The molecule has 2 aliphatic heterocycles. The summed E-state index contributed by atoms with van der Waals surface area (Å²) in [5.74, 6) is 0.420. The quantitative estimate of drug-likeness (QED) is 0.853. The van der Waals surface area contributed by atoms with Crippen LogP contribution in [0.25, 0.3) is 6.08 Å². The van der Waals surface area contributed by atoms with E-state index in [1.807, 2.05) is 30.3 Å². The van der Waals surface area contributed by atoms with E-state index in [4.69, 9.17) is 4.74 Å². The number of piperidine rings is 1. The van der Waals surface area contributed by atoms with Gasteiger partial charge in [0.1, 0.15) is 0 Å². The second-order valence-corrected chi connectivity index (χ2v) is 8.25. The average molecular weight is 350 g/mol. The Morgan fingerprint density at radius 1 is 1.17 bits per heavy atom. The number of sulfonamides is 1. The number of rotatable bonds is 6. The molecule has 1 atom stereocenters. The summed E-state index contributed by atoms with van der Waals surface area (Å²) in [6.45, 7) is 4.33. The van der Waals surface area contributed by atoms with Crippen molar-refractivity contribution in [1.29, 1.82) is 0 Å². The van der Waals surface area contributed by atoms with Crippen molar-refractivity contribution in [2.24, 2.45) is 5.92 Å². The number of benzene rings is 1. The third-order valence-corrected chi connectivity index (χ3v) is 5.95.